The van der Waals surface area contributed by atoms with Gasteiger partial charge in [0, 0.05) is 18.8 Å². The molecule has 4 heteroatoms. The Bertz CT molecular complexity index is 452. The van der Waals surface area contributed by atoms with Gasteiger partial charge in [-0.2, -0.15) is 0 Å². The molecule has 2 saturated carbocycles. The minimum atomic E-state index is -0.254. The molecule has 3 aliphatic rings. The maximum atomic E-state index is 11.5. The first-order valence-electron chi connectivity index (χ1n) is 9.08. The van der Waals surface area contributed by atoms with Gasteiger partial charge in [-0.25, -0.2) is 4.79 Å². The molecule has 3 atom stereocenters. The number of hydrogen-bond donors (Lipinski definition) is 0. The molecule has 1 saturated heterocycles. The predicted octanol–water partition coefficient (Wildman–Crippen LogP) is 3.64. The van der Waals surface area contributed by atoms with E-state index in [9.17, 15) is 4.79 Å². The van der Waals surface area contributed by atoms with Crippen LogP contribution in [0.25, 0.3) is 0 Å². The first-order valence-corrected chi connectivity index (χ1v) is 9.08. The van der Waals surface area contributed by atoms with E-state index in [1.54, 1.807) is 6.92 Å². The molecule has 1 aliphatic heterocycles. The first-order chi connectivity index (χ1) is 11.0. The summed E-state index contributed by atoms with van der Waals surface area (Å²) in [6, 6.07) is 0. The Kier molecular flexibility index (Phi) is 5.12. The van der Waals surface area contributed by atoms with E-state index in [0.717, 1.165) is 45.3 Å². The molecule has 1 heterocycles. The van der Waals surface area contributed by atoms with E-state index in [1.807, 2.05) is 0 Å². The van der Waals surface area contributed by atoms with Crippen LogP contribution in [0, 0.1) is 11.8 Å². The lowest BCUT2D eigenvalue weighted by Gasteiger charge is -2.29. The van der Waals surface area contributed by atoms with Crippen LogP contribution in [0.15, 0.2) is 12.2 Å². The number of ether oxygens (including phenoxy) is 3. The number of rotatable bonds is 6. The van der Waals surface area contributed by atoms with Gasteiger partial charge in [0.15, 0.2) is 0 Å². The maximum Gasteiger partial charge on any atom is 0.333 e. The predicted molar refractivity (Wildman–Crippen MR) is 88.1 cm³/mol. The molecule has 3 unspecified atom stereocenters. The molecule has 0 amide bonds. The minimum absolute atomic E-state index is 0.0673. The summed E-state index contributed by atoms with van der Waals surface area (Å²) in [5.41, 5.74) is 0.649. The second kappa shape index (κ2) is 6.94. The molecule has 0 bridgehead atoms. The lowest BCUT2D eigenvalue weighted by Crippen LogP contribution is -2.28. The zero-order valence-corrected chi connectivity index (χ0v) is 14.5. The molecule has 0 N–H and O–H groups in total. The molecule has 2 aliphatic carbocycles. The highest BCUT2D eigenvalue weighted by molar-refractivity contribution is 5.87. The standard InChI is InChI=1S/C19H30O4/c1-13(2)18(20)22-16-7-4-14(5-8-16)11-21-12-15-6-9-17-19(3,10-15)23-17/h14-17H,1,4-12H2,2-3H3. The zero-order valence-electron chi connectivity index (χ0n) is 14.5. The Balaban J connectivity index is 1.29. The minimum Gasteiger partial charge on any atom is -0.459 e. The average molecular weight is 322 g/mol. The van der Waals surface area contributed by atoms with E-state index in [-0.39, 0.29) is 17.7 Å². The van der Waals surface area contributed by atoms with E-state index in [4.69, 9.17) is 14.2 Å². The Morgan fingerprint density at radius 3 is 2.43 bits per heavy atom. The normalized spacial score (nSPS) is 39.4. The Labute approximate surface area is 139 Å². The van der Waals surface area contributed by atoms with Crippen molar-refractivity contribution in [3.8, 4) is 0 Å². The molecule has 0 aromatic carbocycles. The second-order valence-corrected chi connectivity index (χ2v) is 7.93. The van der Waals surface area contributed by atoms with Crippen molar-refractivity contribution < 1.29 is 19.0 Å². The lowest BCUT2D eigenvalue weighted by molar-refractivity contribution is -0.146. The van der Waals surface area contributed by atoms with Gasteiger partial charge in [-0.1, -0.05) is 6.58 Å². The Morgan fingerprint density at radius 1 is 1.13 bits per heavy atom. The third-order valence-electron chi connectivity index (χ3n) is 5.69. The van der Waals surface area contributed by atoms with Gasteiger partial charge in [-0.15, -0.1) is 0 Å². The molecule has 130 valence electrons. The summed E-state index contributed by atoms with van der Waals surface area (Å²) in [5, 5.41) is 0. The fourth-order valence-electron chi connectivity index (χ4n) is 4.11. The van der Waals surface area contributed by atoms with Crippen LogP contribution < -0.4 is 0 Å². The SMILES string of the molecule is C=C(C)C(=O)OC1CCC(COCC2CCC3OC3(C)C2)CC1. The monoisotopic (exact) mass is 322 g/mol. The zero-order chi connectivity index (χ0) is 16.4. The van der Waals surface area contributed by atoms with Gasteiger partial charge < -0.3 is 14.2 Å². The highest BCUT2D eigenvalue weighted by atomic mass is 16.6. The number of epoxide rings is 1. The molecule has 0 aromatic heterocycles. The third-order valence-corrected chi connectivity index (χ3v) is 5.69. The summed E-state index contributed by atoms with van der Waals surface area (Å²) in [4.78, 5) is 11.5. The Morgan fingerprint density at radius 2 is 1.78 bits per heavy atom. The molecular formula is C19H30O4. The molecule has 0 spiro atoms. The van der Waals surface area contributed by atoms with Crippen molar-refractivity contribution in [2.75, 3.05) is 13.2 Å². The van der Waals surface area contributed by atoms with E-state index in [2.05, 4.69) is 13.5 Å². The lowest BCUT2D eigenvalue weighted by atomic mass is 9.83. The second-order valence-electron chi connectivity index (χ2n) is 7.93. The summed E-state index contributed by atoms with van der Waals surface area (Å²) in [6.45, 7) is 9.28. The molecular weight excluding hydrogens is 292 g/mol. The van der Waals surface area contributed by atoms with Crippen LogP contribution in [0.1, 0.15) is 58.8 Å². The molecule has 0 aromatic rings. The van der Waals surface area contributed by atoms with Crippen LogP contribution >= 0.6 is 0 Å². The van der Waals surface area contributed by atoms with Crippen molar-refractivity contribution >= 4 is 5.97 Å². The van der Waals surface area contributed by atoms with Crippen LogP contribution in [-0.2, 0) is 19.0 Å². The van der Waals surface area contributed by atoms with Crippen LogP contribution in [-0.4, -0.2) is 37.0 Å². The average Bonchev–Trinajstić information content (AvgIpc) is 3.19. The molecule has 4 nitrogen and oxygen atoms in total. The highest BCUT2D eigenvalue weighted by Crippen LogP contribution is 2.49. The van der Waals surface area contributed by atoms with Gasteiger partial charge >= 0.3 is 5.97 Å². The van der Waals surface area contributed by atoms with Crippen molar-refractivity contribution in [2.45, 2.75) is 76.6 Å². The quantitative estimate of drug-likeness (QED) is 0.425. The van der Waals surface area contributed by atoms with Crippen LogP contribution in [0.3, 0.4) is 0 Å². The fourth-order valence-corrected chi connectivity index (χ4v) is 4.11. The van der Waals surface area contributed by atoms with E-state index >= 15 is 0 Å². The van der Waals surface area contributed by atoms with Crippen LogP contribution in [0.2, 0.25) is 0 Å². The van der Waals surface area contributed by atoms with Crippen molar-refractivity contribution in [2.24, 2.45) is 11.8 Å². The van der Waals surface area contributed by atoms with E-state index in [0.29, 0.717) is 23.5 Å². The van der Waals surface area contributed by atoms with Crippen molar-refractivity contribution in [1.29, 1.82) is 0 Å². The van der Waals surface area contributed by atoms with E-state index < -0.39 is 0 Å². The van der Waals surface area contributed by atoms with Crippen molar-refractivity contribution in [3.05, 3.63) is 12.2 Å². The number of carbonyl (C=O) groups excluding carboxylic acids is 1. The largest absolute Gasteiger partial charge is 0.459 e. The molecule has 3 fully saturated rings. The van der Waals surface area contributed by atoms with Gasteiger partial charge in [-0.05, 0) is 70.6 Å². The number of hydrogen-bond acceptors (Lipinski definition) is 4. The Hall–Kier alpha value is -0.870. The van der Waals surface area contributed by atoms with Gasteiger partial charge in [0.2, 0.25) is 0 Å². The van der Waals surface area contributed by atoms with Gasteiger partial charge in [0.05, 0.1) is 11.7 Å². The molecule has 0 radical (unpaired) electrons. The maximum absolute atomic E-state index is 11.5. The molecule has 23 heavy (non-hydrogen) atoms. The first kappa shape index (κ1) is 17.0. The van der Waals surface area contributed by atoms with Crippen LogP contribution in [0.5, 0.6) is 0 Å². The number of carbonyl (C=O) groups is 1. The van der Waals surface area contributed by atoms with Gasteiger partial charge in [0.25, 0.3) is 0 Å². The highest BCUT2D eigenvalue weighted by Gasteiger charge is 2.55. The summed E-state index contributed by atoms with van der Waals surface area (Å²) < 4.78 is 17.2. The topological polar surface area (TPSA) is 48.1 Å². The summed E-state index contributed by atoms with van der Waals surface area (Å²) in [5.74, 6) is 1.02. The van der Waals surface area contributed by atoms with Crippen LogP contribution in [0.4, 0.5) is 0 Å². The smallest absolute Gasteiger partial charge is 0.333 e. The summed E-state index contributed by atoms with van der Waals surface area (Å²) >= 11 is 0. The van der Waals surface area contributed by atoms with Gasteiger partial charge in [0.1, 0.15) is 6.10 Å². The summed E-state index contributed by atoms with van der Waals surface area (Å²) in [7, 11) is 0. The van der Waals surface area contributed by atoms with E-state index in [1.165, 1.54) is 12.8 Å². The third kappa shape index (κ3) is 4.36. The molecule has 3 rings (SSSR count). The number of esters is 1. The van der Waals surface area contributed by atoms with Crippen molar-refractivity contribution in [3.63, 3.8) is 0 Å². The number of fused-ring (bicyclic) bond motifs is 1. The fraction of sp³-hybridized carbons (Fsp3) is 0.842. The van der Waals surface area contributed by atoms with Crippen molar-refractivity contribution in [1.82, 2.24) is 0 Å². The summed E-state index contributed by atoms with van der Waals surface area (Å²) in [6.07, 6.45) is 8.25. The van der Waals surface area contributed by atoms with Gasteiger partial charge in [-0.3, -0.25) is 0 Å².